The van der Waals surface area contributed by atoms with Gasteiger partial charge in [0.15, 0.2) is 0 Å². The average molecular weight is 314 g/mol. The lowest BCUT2D eigenvalue weighted by Crippen LogP contribution is -2.06. The van der Waals surface area contributed by atoms with Crippen LogP contribution in [0.4, 0.5) is 0 Å². The Morgan fingerprint density at radius 2 is 1.76 bits per heavy atom. The van der Waals surface area contributed by atoms with Crippen molar-refractivity contribution in [1.29, 1.82) is 0 Å². The molecule has 0 saturated carbocycles. The maximum atomic E-state index is 6.32. The SMILES string of the molecule is CNCc1c(Cl)cccc1Sc1ccc2ccccc2c1. The Bertz CT molecular complexity index is 770. The maximum Gasteiger partial charge on any atom is 0.0462 e. The van der Waals surface area contributed by atoms with Crippen molar-refractivity contribution >= 4 is 34.1 Å². The number of hydrogen-bond donors (Lipinski definition) is 1. The molecule has 0 fully saturated rings. The molecule has 0 aliphatic rings. The fraction of sp³-hybridized carbons (Fsp3) is 0.111. The molecular formula is C18H16ClNS. The van der Waals surface area contributed by atoms with Crippen LogP contribution in [0.15, 0.2) is 70.5 Å². The molecule has 0 aliphatic heterocycles. The molecule has 0 radical (unpaired) electrons. The van der Waals surface area contributed by atoms with E-state index < -0.39 is 0 Å². The number of halogens is 1. The largest absolute Gasteiger partial charge is 0.316 e. The van der Waals surface area contributed by atoms with Crippen LogP contribution in [0.5, 0.6) is 0 Å². The number of benzene rings is 3. The predicted molar refractivity (Wildman–Crippen MR) is 92.3 cm³/mol. The lowest BCUT2D eigenvalue weighted by atomic mass is 10.1. The van der Waals surface area contributed by atoms with Crippen LogP contribution in [-0.4, -0.2) is 7.05 Å². The molecule has 0 saturated heterocycles. The smallest absolute Gasteiger partial charge is 0.0462 e. The third-order valence-electron chi connectivity index (χ3n) is 3.38. The second kappa shape index (κ2) is 6.52. The van der Waals surface area contributed by atoms with Crippen molar-refractivity contribution in [2.75, 3.05) is 7.05 Å². The van der Waals surface area contributed by atoms with E-state index >= 15 is 0 Å². The highest BCUT2D eigenvalue weighted by Gasteiger charge is 2.08. The molecule has 3 aromatic rings. The Balaban J connectivity index is 1.96. The molecule has 3 rings (SSSR count). The standard InChI is InChI=1S/C18H16ClNS/c1-20-12-16-17(19)7-4-8-18(16)21-15-10-9-13-5-2-3-6-14(13)11-15/h2-11,20H,12H2,1H3. The third kappa shape index (κ3) is 3.24. The Labute approximate surface area is 134 Å². The van der Waals surface area contributed by atoms with Crippen LogP contribution < -0.4 is 5.32 Å². The summed E-state index contributed by atoms with van der Waals surface area (Å²) in [5, 5.41) is 6.53. The summed E-state index contributed by atoms with van der Waals surface area (Å²) in [5.74, 6) is 0. The van der Waals surface area contributed by atoms with Crippen molar-refractivity contribution < 1.29 is 0 Å². The first-order chi connectivity index (χ1) is 10.3. The highest BCUT2D eigenvalue weighted by molar-refractivity contribution is 7.99. The van der Waals surface area contributed by atoms with E-state index in [1.807, 2.05) is 19.2 Å². The van der Waals surface area contributed by atoms with Gasteiger partial charge in [-0.2, -0.15) is 0 Å². The van der Waals surface area contributed by atoms with Gasteiger partial charge in [0, 0.05) is 21.4 Å². The zero-order chi connectivity index (χ0) is 14.7. The monoisotopic (exact) mass is 313 g/mol. The minimum atomic E-state index is 0.773. The van der Waals surface area contributed by atoms with E-state index in [0.717, 1.165) is 17.1 Å². The van der Waals surface area contributed by atoms with Gasteiger partial charge in [0.2, 0.25) is 0 Å². The van der Waals surface area contributed by atoms with Crippen LogP contribution in [0.2, 0.25) is 5.02 Å². The minimum Gasteiger partial charge on any atom is -0.316 e. The molecule has 0 aliphatic carbocycles. The molecule has 0 heterocycles. The average Bonchev–Trinajstić information content (AvgIpc) is 2.51. The van der Waals surface area contributed by atoms with E-state index in [1.54, 1.807) is 11.8 Å². The summed E-state index contributed by atoms with van der Waals surface area (Å²) < 4.78 is 0. The summed E-state index contributed by atoms with van der Waals surface area (Å²) in [6, 6.07) is 21.0. The van der Waals surface area contributed by atoms with Crippen LogP contribution in [0.25, 0.3) is 10.8 Å². The van der Waals surface area contributed by atoms with Crippen molar-refractivity contribution in [3.05, 3.63) is 71.2 Å². The van der Waals surface area contributed by atoms with Gasteiger partial charge in [-0.1, -0.05) is 59.8 Å². The van der Waals surface area contributed by atoms with Crippen molar-refractivity contribution in [2.24, 2.45) is 0 Å². The van der Waals surface area contributed by atoms with Gasteiger partial charge in [-0.15, -0.1) is 0 Å². The molecule has 0 unspecified atom stereocenters. The van der Waals surface area contributed by atoms with E-state index in [9.17, 15) is 0 Å². The van der Waals surface area contributed by atoms with E-state index in [2.05, 4.69) is 53.8 Å². The zero-order valence-electron chi connectivity index (χ0n) is 11.8. The highest BCUT2D eigenvalue weighted by Crippen LogP contribution is 2.35. The Kier molecular flexibility index (Phi) is 4.49. The quantitative estimate of drug-likeness (QED) is 0.695. The number of nitrogens with one attached hydrogen (secondary N) is 1. The van der Waals surface area contributed by atoms with E-state index in [-0.39, 0.29) is 0 Å². The van der Waals surface area contributed by atoms with Crippen LogP contribution in [0.3, 0.4) is 0 Å². The van der Waals surface area contributed by atoms with Gasteiger partial charge in [-0.25, -0.2) is 0 Å². The Morgan fingerprint density at radius 1 is 0.952 bits per heavy atom. The fourth-order valence-electron chi connectivity index (χ4n) is 2.34. The third-order valence-corrected chi connectivity index (χ3v) is 4.82. The first kappa shape index (κ1) is 14.5. The minimum absolute atomic E-state index is 0.773. The van der Waals surface area contributed by atoms with Gasteiger partial charge in [0.25, 0.3) is 0 Å². The van der Waals surface area contributed by atoms with Crippen molar-refractivity contribution in [2.45, 2.75) is 16.3 Å². The van der Waals surface area contributed by atoms with Gasteiger partial charge in [-0.3, -0.25) is 0 Å². The second-order valence-corrected chi connectivity index (χ2v) is 6.38. The molecule has 0 spiro atoms. The molecule has 3 heteroatoms. The van der Waals surface area contributed by atoms with Crippen molar-refractivity contribution in [3.63, 3.8) is 0 Å². The molecule has 0 atom stereocenters. The van der Waals surface area contributed by atoms with E-state index in [4.69, 9.17) is 11.6 Å². The van der Waals surface area contributed by atoms with Gasteiger partial charge in [0.05, 0.1) is 0 Å². The summed E-state index contributed by atoms with van der Waals surface area (Å²) >= 11 is 8.07. The van der Waals surface area contributed by atoms with E-state index in [1.165, 1.54) is 20.6 Å². The second-order valence-electron chi connectivity index (χ2n) is 4.86. The first-order valence-corrected chi connectivity index (χ1v) is 8.06. The highest BCUT2D eigenvalue weighted by atomic mass is 35.5. The van der Waals surface area contributed by atoms with Gasteiger partial charge in [-0.05, 0) is 47.6 Å². The zero-order valence-corrected chi connectivity index (χ0v) is 13.3. The molecule has 1 N–H and O–H groups in total. The molecule has 0 aromatic heterocycles. The summed E-state index contributed by atoms with van der Waals surface area (Å²) in [6.07, 6.45) is 0. The predicted octanol–water partition coefficient (Wildman–Crippen LogP) is 5.36. The van der Waals surface area contributed by atoms with Gasteiger partial charge < -0.3 is 5.32 Å². The Morgan fingerprint density at radius 3 is 2.57 bits per heavy atom. The van der Waals surface area contributed by atoms with Crippen molar-refractivity contribution in [3.8, 4) is 0 Å². The molecule has 0 bridgehead atoms. The fourth-order valence-corrected chi connectivity index (χ4v) is 3.67. The number of rotatable bonds is 4. The molecule has 21 heavy (non-hydrogen) atoms. The summed E-state index contributed by atoms with van der Waals surface area (Å²) in [5.41, 5.74) is 1.15. The molecule has 0 amide bonds. The lowest BCUT2D eigenvalue weighted by Gasteiger charge is -2.11. The van der Waals surface area contributed by atoms with Crippen molar-refractivity contribution in [1.82, 2.24) is 5.32 Å². The topological polar surface area (TPSA) is 12.0 Å². The summed E-state index contributed by atoms with van der Waals surface area (Å²) in [6.45, 7) is 0.773. The van der Waals surface area contributed by atoms with E-state index in [0.29, 0.717) is 0 Å². The van der Waals surface area contributed by atoms with Gasteiger partial charge >= 0.3 is 0 Å². The van der Waals surface area contributed by atoms with Crippen LogP contribution in [0.1, 0.15) is 5.56 Å². The maximum absolute atomic E-state index is 6.32. The molecule has 1 nitrogen and oxygen atoms in total. The van der Waals surface area contributed by atoms with Gasteiger partial charge in [0.1, 0.15) is 0 Å². The Hall–Kier alpha value is -1.48. The molecule has 3 aromatic carbocycles. The lowest BCUT2D eigenvalue weighted by molar-refractivity contribution is 0.803. The van der Waals surface area contributed by atoms with Crippen LogP contribution in [-0.2, 0) is 6.54 Å². The molecule has 106 valence electrons. The summed E-state index contributed by atoms with van der Waals surface area (Å²) in [4.78, 5) is 2.43. The van der Waals surface area contributed by atoms with Crippen LogP contribution >= 0.6 is 23.4 Å². The molecular weight excluding hydrogens is 298 g/mol. The number of hydrogen-bond acceptors (Lipinski definition) is 2. The normalized spacial score (nSPS) is 11.0. The summed E-state index contributed by atoms with van der Waals surface area (Å²) in [7, 11) is 1.94. The van der Waals surface area contributed by atoms with Crippen LogP contribution in [0, 0.1) is 0 Å². The first-order valence-electron chi connectivity index (χ1n) is 6.86. The number of fused-ring (bicyclic) bond motifs is 1.